The fraction of sp³-hybridized carbons (Fsp3) is 0.545. The summed E-state index contributed by atoms with van der Waals surface area (Å²) in [6.07, 6.45) is 2.81. The van der Waals surface area contributed by atoms with Crippen LogP contribution in [0.1, 0.15) is 87.7 Å². The first-order chi connectivity index (χ1) is 11.6. The molecule has 1 atom stereocenters. The Bertz CT molecular complexity index is 780. The molecule has 134 valence electrons. The van der Waals surface area contributed by atoms with Gasteiger partial charge in [-0.25, -0.2) is 4.79 Å². The summed E-state index contributed by atoms with van der Waals surface area (Å²) in [6.45, 7) is 11.3. The summed E-state index contributed by atoms with van der Waals surface area (Å²) in [5.74, 6) is -0.695. The highest BCUT2D eigenvalue weighted by Gasteiger charge is 2.50. The number of allylic oxidation sites excluding steroid dienone is 1. The SMILES string of the molecule is CC1c2cc(C(=O)C3=C(C(=O)O)CCCC3)ccc2C(C)(C)C1(C)C. The van der Waals surface area contributed by atoms with Crippen LogP contribution in [0.5, 0.6) is 0 Å². The molecule has 0 spiro atoms. The number of benzene rings is 1. The van der Waals surface area contributed by atoms with Gasteiger partial charge in [-0.05, 0) is 59.6 Å². The molecule has 1 N–H and O–H groups in total. The molecule has 0 bridgehead atoms. The van der Waals surface area contributed by atoms with E-state index in [0.717, 1.165) is 12.8 Å². The van der Waals surface area contributed by atoms with E-state index >= 15 is 0 Å². The van der Waals surface area contributed by atoms with Crippen LogP contribution in [0, 0.1) is 5.41 Å². The number of carbonyl (C=O) groups is 2. The Morgan fingerprint density at radius 3 is 2.24 bits per heavy atom. The topological polar surface area (TPSA) is 54.4 Å². The second-order valence-corrected chi connectivity index (χ2v) is 8.67. The number of hydrogen-bond acceptors (Lipinski definition) is 2. The molecule has 1 unspecified atom stereocenters. The lowest BCUT2D eigenvalue weighted by atomic mass is 9.65. The average molecular weight is 340 g/mol. The number of hydrogen-bond donors (Lipinski definition) is 1. The zero-order valence-corrected chi connectivity index (χ0v) is 15.9. The van der Waals surface area contributed by atoms with Crippen LogP contribution < -0.4 is 0 Å². The van der Waals surface area contributed by atoms with Crippen molar-refractivity contribution in [1.82, 2.24) is 0 Å². The molecule has 25 heavy (non-hydrogen) atoms. The normalized spacial score (nSPS) is 24.1. The largest absolute Gasteiger partial charge is 0.478 e. The predicted octanol–water partition coefficient (Wildman–Crippen LogP) is 5.25. The number of ketones is 1. The van der Waals surface area contributed by atoms with Gasteiger partial charge in [-0.3, -0.25) is 4.79 Å². The van der Waals surface area contributed by atoms with Gasteiger partial charge in [-0.15, -0.1) is 0 Å². The summed E-state index contributed by atoms with van der Waals surface area (Å²) in [6, 6.07) is 5.98. The summed E-state index contributed by atoms with van der Waals surface area (Å²) in [4.78, 5) is 24.5. The highest BCUT2D eigenvalue weighted by atomic mass is 16.4. The van der Waals surface area contributed by atoms with Crippen LogP contribution in [0.3, 0.4) is 0 Å². The van der Waals surface area contributed by atoms with Gasteiger partial charge in [0.1, 0.15) is 0 Å². The summed E-state index contributed by atoms with van der Waals surface area (Å²) >= 11 is 0. The van der Waals surface area contributed by atoms with Gasteiger partial charge >= 0.3 is 5.97 Å². The second-order valence-electron chi connectivity index (χ2n) is 8.67. The van der Waals surface area contributed by atoms with Crippen LogP contribution in [-0.2, 0) is 10.2 Å². The molecular weight excluding hydrogens is 312 g/mol. The maximum atomic E-state index is 13.0. The quantitative estimate of drug-likeness (QED) is 0.765. The third kappa shape index (κ3) is 2.56. The number of carboxylic acid groups (broad SMARTS) is 1. The van der Waals surface area contributed by atoms with Gasteiger partial charge in [-0.2, -0.15) is 0 Å². The Hall–Kier alpha value is -1.90. The fourth-order valence-electron chi connectivity index (χ4n) is 4.47. The summed E-state index contributed by atoms with van der Waals surface area (Å²) in [5.41, 5.74) is 4.13. The molecule has 0 amide bonds. The van der Waals surface area contributed by atoms with Crippen LogP contribution in [-0.4, -0.2) is 16.9 Å². The van der Waals surface area contributed by atoms with Gasteiger partial charge in [0.05, 0.1) is 0 Å². The molecule has 3 rings (SSSR count). The number of carboxylic acids is 1. The minimum Gasteiger partial charge on any atom is -0.478 e. The Kier molecular flexibility index (Phi) is 4.17. The molecule has 0 aromatic heterocycles. The van der Waals surface area contributed by atoms with Crippen molar-refractivity contribution in [1.29, 1.82) is 0 Å². The maximum absolute atomic E-state index is 13.0. The van der Waals surface area contributed by atoms with Crippen molar-refractivity contribution in [3.05, 3.63) is 46.0 Å². The fourth-order valence-corrected chi connectivity index (χ4v) is 4.47. The van der Waals surface area contributed by atoms with Crippen molar-refractivity contribution in [3.63, 3.8) is 0 Å². The lowest BCUT2D eigenvalue weighted by molar-refractivity contribution is -0.133. The van der Waals surface area contributed by atoms with Gasteiger partial charge in [-0.1, -0.05) is 46.8 Å². The van der Waals surface area contributed by atoms with Crippen LogP contribution >= 0.6 is 0 Å². The van der Waals surface area contributed by atoms with E-state index in [1.165, 1.54) is 11.1 Å². The maximum Gasteiger partial charge on any atom is 0.331 e. The van der Waals surface area contributed by atoms with Crippen LogP contribution in [0.4, 0.5) is 0 Å². The van der Waals surface area contributed by atoms with Crippen LogP contribution in [0.2, 0.25) is 0 Å². The molecule has 0 fully saturated rings. The van der Waals surface area contributed by atoms with E-state index in [9.17, 15) is 14.7 Å². The molecule has 3 heteroatoms. The van der Waals surface area contributed by atoms with Crippen LogP contribution in [0.25, 0.3) is 0 Å². The van der Waals surface area contributed by atoms with Crippen molar-refractivity contribution < 1.29 is 14.7 Å². The Labute approximate surface area is 150 Å². The molecular formula is C22H28O3. The molecule has 0 saturated carbocycles. The van der Waals surface area contributed by atoms with Gasteiger partial charge < -0.3 is 5.11 Å². The molecule has 1 aromatic rings. The van der Waals surface area contributed by atoms with E-state index in [0.29, 0.717) is 35.5 Å². The zero-order chi connectivity index (χ0) is 18.6. The Balaban J connectivity index is 2.06. The van der Waals surface area contributed by atoms with Crippen molar-refractivity contribution in [2.75, 3.05) is 0 Å². The molecule has 0 aliphatic heterocycles. The predicted molar refractivity (Wildman–Crippen MR) is 99.1 cm³/mol. The number of fused-ring (bicyclic) bond motifs is 1. The van der Waals surface area contributed by atoms with Gasteiger partial charge in [0, 0.05) is 16.7 Å². The lowest BCUT2D eigenvalue weighted by Crippen LogP contribution is -2.33. The number of aliphatic carboxylic acids is 1. The molecule has 1 aromatic carbocycles. The second kappa shape index (κ2) is 5.82. The Morgan fingerprint density at radius 2 is 1.64 bits per heavy atom. The zero-order valence-electron chi connectivity index (χ0n) is 15.9. The first-order valence-corrected chi connectivity index (χ1v) is 9.23. The summed E-state index contributed by atoms with van der Waals surface area (Å²) in [5, 5.41) is 9.43. The number of Topliss-reactive ketones (excluding diaryl/α,β-unsaturated/α-hetero) is 1. The third-order valence-electron chi connectivity index (χ3n) is 7.15. The van der Waals surface area contributed by atoms with E-state index < -0.39 is 5.97 Å². The van der Waals surface area contributed by atoms with Crippen LogP contribution in [0.15, 0.2) is 29.3 Å². The van der Waals surface area contributed by atoms with E-state index in [1.54, 1.807) is 0 Å². The number of carbonyl (C=O) groups excluding carboxylic acids is 1. The van der Waals surface area contributed by atoms with E-state index in [4.69, 9.17) is 0 Å². The molecule has 0 radical (unpaired) electrons. The minimum atomic E-state index is -0.945. The highest BCUT2D eigenvalue weighted by Crippen LogP contribution is 2.58. The van der Waals surface area contributed by atoms with Crippen molar-refractivity contribution in [2.45, 2.75) is 71.6 Å². The van der Waals surface area contributed by atoms with Crippen molar-refractivity contribution >= 4 is 11.8 Å². The molecule has 0 heterocycles. The Morgan fingerprint density at radius 1 is 1.04 bits per heavy atom. The van der Waals surface area contributed by atoms with Crippen molar-refractivity contribution in [2.24, 2.45) is 5.41 Å². The van der Waals surface area contributed by atoms with E-state index in [1.807, 2.05) is 12.1 Å². The summed E-state index contributed by atoms with van der Waals surface area (Å²) < 4.78 is 0. The molecule has 3 nitrogen and oxygen atoms in total. The molecule has 2 aliphatic rings. The molecule has 0 saturated heterocycles. The minimum absolute atomic E-state index is 0.0413. The smallest absolute Gasteiger partial charge is 0.331 e. The van der Waals surface area contributed by atoms with Gasteiger partial charge in [0.25, 0.3) is 0 Å². The average Bonchev–Trinajstić information content (AvgIpc) is 2.71. The standard InChI is InChI=1S/C22H28O3/c1-13-17-12-14(10-11-18(17)22(4,5)21(13,2)3)19(23)15-8-6-7-9-16(15)20(24)25/h10-13H,6-9H2,1-5H3,(H,24,25). The van der Waals surface area contributed by atoms with Gasteiger partial charge in [0.2, 0.25) is 0 Å². The van der Waals surface area contributed by atoms with Gasteiger partial charge in [0.15, 0.2) is 5.78 Å². The lowest BCUT2D eigenvalue weighted by Gasteiger charge is -2.38. The highest BCUT2D eigenvalue weighted by molar-refractivity contribution is 6.12. The first kappa shape index (κ1) is 17.9. The number of rotatable bonds is 3. The van der Waals surface area contributed by atoms with E-state index in [2.05, 4.69) is 40.7 Å². The monoisotopic (exact) mass is 340 g/mol. The first-order valence-electron chi connectivity index (χ1n) is 9.23. The molecule has 2 aliphatic carbocycles. The third-order valence-corrected chi connectivity index (χ3v) is 7.15. The summed E-state index contributed by atoms with van der Waals surface area (Å²) in [7, 11) is 0. The van der Waals surface area contributed by atoms with Crippen molar-refractivity contribution in [3.8, 4) is 0 Å². The van der Waals surface area contributed by atoms with E-state index in [-0.39, 0.29) is 16.6 Å².